The van der Waals surface area contributed by atoms with Gasteiger partial charge < -0.3 is 59.0 Å². The number of Topliss-reactive ketones (excluding diaryl/α,β-unsaturated/α-hetero) is 1. The molecule has 0 saturated carbocycles. The summed E-state index contributed by atoms with van der Waals surface area (Å²) >= 11 is 0. The summed E-state index contributed by atoms with van der Waals surface area (Å²) in [5.74, 6) is -5.28. The molecule has 0 radical (unpaired) electrons. The van der Waals surface area contributed by atoms with Crippen molar-refractivity contribution in [3.63, 3.8) is 0 Å². The average molecular weight is 1770 g/mol. The Kier molecular flexibility index (Phi) is 50.0. The summed E-state index contributed by atoms with van der Waals surface area (Å²) < 4.78 is 38.3. The number of esters is 4. The molecule has 126 heavy (non-hydrogen) atoms. The van der Waals surface area contributed by atoms with E-state index >= 15 is 0 Å². The number of carbonyl (C=O) groups is 11. The predicted molar refractivity (Wildman–Crippen MR) is 467 cm³/mol. The smallest absolute Gasteiger partial charge is 0.337 e. The number of ketones is 1. The lowest BCUT2D eigenvalue weighted by atomic mass is 10.0. The number of carbonyl (C=O) groups excluding carboxylic acids is 8. The Balaban J connectivity index is 0.000000387. The summed E-state index contributed by atoms with van der Waals surface area (Å²) in [5, 5.41) is 34.3. The average Bonchev–Trinajstić information content (AvgIpc) is 1.66. The third-order valence-electron chi connectivity index (χ3n) is 19.0. The monoisotopic (exact) mass is 1770 g/mol. The highest BCUT2D eigenvalue weighted by Crippen LogP contribution is 2.20. The number of benzene rings is 3. The van der Waals surface area contributed by atoms with E-state index < -0.39 is 58.1 Å². The van der Waals surface area contributed by atoms with Crippen LogP contribution in [0.3, 0.4) is 0 Å². The standard InChI is InChI=1S/C31H46N4O8.C28H44N6O8.C27H43N3O6.CH4N4/c1-30(2,3)41-28(39)21-33-15-13-32(14-16-34(18-17-33)22-29(40)42-31(4,5)6)20-24-9-7-23(8-10-24)19-27(38)43-35-25(36)11-12-26(35)37;29-31-30-7-15-41-17-19-42-18-16-40-14-1-2-26(35)20-24-3-5-25(6-4-24)21-32-8-10-33(22-27(36)37)12-13-34(11-9-32)23-28(38)39;1-26(2,3)35-24(33)19-29-13-11-28(18-22-9-7-21(8-10-22)17-23(31)32)12-14-30(16-15-29)20-25(34)36-27(4,5)6;2-1-4-5-3/h7-10H,11-22H2,1-6H3;3-6H,1-2,7-23H2,(H,36,37)(H,38,39);7-10H,11-20H2,1-6H3,(H,31,32);1-2H2. The highest BCUT2D eigenvalue weighted by molar-refractivity contribution is 6.01. The fraction of sp³-hybridized carbons (Fsp3) is 0.667. The summed E-state index contributed by atoms with van der Waals surface area (Å²) in [6.07, 6.45) is 1.48. The van der Waals surface area contributed by atoms with Crippen LogP contribution in [-0.4, -0.2) is 362 Å². The number of aliphatic carboxylic acids is 3. The zero-order valence-electron chi connectivity index (χ0n) is 76.0. The van der Waals surface area contributed by atoms with Gasteiger partial charge in [0.15, 0.2) is 0 Å². The molecule has 4 fully saturated rings. The van der Waals surface area contributed by atoms with Crippen LogP contribution in [0.4, 0.5) is 0 Å². The minimum Gasteiger partial charge on any atom is -0.481 e. The van der Waals surface area contributed by atoms with Gasteiger partial charge in [0.25, 0.3) is 11.8 Å². The highest BCUT2D eigenvalue weighted by Gasteiger charge is 2.34. The zero-order chi connectivity index (χ0) is 93.3. The number of nitrogens with two attached hydrogens (primary N) is 1. The largest absolute Gasteiger partial charge is 0.481 e. The van der Waals surface area contributed by atoms with E-state index in [1.54, 1.807) is 0 Å². The highest BCUT2D eigenvalue weighted by atomic mass is 16.7. The first kappa shape index (κ1) is 109. The summed E-state index contributed by atoms with van der Waals surface area (Å²) in [6, 6.07) is 23.1. The van der Waals surface area contributed by atoms with Crippen molar-refractivity contribution in [3.05, 3.63) is 127 Å². The molecule has 2 amide bonds. The molecule has 39 heteroatoms. The molecule has 0 atom stereocenters. The van der Waals surface area contributed by atoms with Gasteiger partial charge in [-0.25, -0.2) is 4.79 Å². The molecule has 702 valence electrons. The van der Waals surface area contributed by atoms with E-state index in [1.165, 1.54) is 0 Å². The van der Waals surface area contributed by atoms with Crippen LogP contribution < -0.4 is 5.73 Å². The maximum absolute atomic E-state index is 12.6. The Labute approximate surface area is 740 Å². The molecule has 39 nitrogen and oxygen atoms in total. The number of imide groups is 1. The number of hydroxylamine groups is 2. The summed E-state index contributed by atoms with van der Waals surface area (Å²) in [6.45, 7) is 39.3. The third kappa shape index (κ3) is 52.4. The van der Waals surface area contributed by atoms with Crippen molar-refractivity contribution in [2.24, 2.45) is 16.0 Å². The molecular weight excluding hydrogens is 1640 g/mol. The summed E-state index contributed by atoms with van der Waals surface area (Å²) in [5.41, 5.74) is 23.7. The number of carboxylic acid groups (broad SMARTS) is 3. The number of nitrogens with zero attached hydrogens (tertiary/aromatic N) is 16. The van der Waals surface area contributed by atoms with Gasteiger partial charge in [-0.1, -0.05) is 83.0 Å². The maximum atomic E-state index is 12.6. The van der Waals surface area contributed by atoms with E-state index in [0.29, 0.717) is 200 Å². The van der Waals surface area contributed by atoms with Crippen LogP contribution in [0.2, 0.25) is 0 Å². The number of hydrogen-bond donors (Lipinski definition) is 4. The normalized spacial score (nSPS) is 16.4. The van der Waals surface area contributed by atoms with Gasteiger partial charge in [-0.2, -0.15) is 0 Å². The van der Waals surface area contributed by atoms with Crippen LogP contribution >= 0.6 is 0 Å². The molecule has 0 aliphatic carbocycles. The molecule has 4 saturated heterocycles. The molecule has 4 heterocycles. The Bertz CT molecular complexity index is 3830. The summed E-state index contributed by atoms with van der Waals surface area (Å²) in [7, 11) is 0. The quantitative estimate of drug-likeness (QED) is 0.00953. The van der Waals surface area contributed by atoms with Crippen molar-refractivity contribution < 1.29 is 106 Å². The van der Waals surface area contributed by atoms with Crippen molar-refractivity contribution in [2.45, 2.75) is 170 Å². The second-order valence-corrected chi connectivity index (χ2v) is 34.9. The van der Waals surface area contributed by atoms with E-state index in [2.05, 4.69) is 54.4 Å². The first-order valence-electron chi connectivity index (χ1n) is 42.8. The second-order valence-electron chi connectivity index (χ2n) is 34.9. The fourth-order valence-electron chi connectivity index (χ4n) is 13.2. The maximum Gasteiger partial charge on any atom is 0.337 e. The van der Waals surface area contributed by atoms with Gasteiger partial charge in [0.1, 0.15) is 28.2 Å². The number of azide groups is 2. The topological polar surface area (TPSA) is 478 Å². The minimum atomic E-state index is -0.896. The number of amides is 2. The zero-order valence-corrected chi connectivity index (χ0v) is 76.0. The summed E-state index contributed by atoms with van der Waals surface area (Å²) in [4.78, 5) is 160. The first-order valence-corrected chi connectivity index (χ1v) is 42.8. The molecule has 4 aliphatic heterocycles. The molecule has 7 rings (SSSR count). The third-order valence-corrected chi connectivity index (χ3v) is 19.0. The molecule has 3 aromatic rings. The van der Waals surface area contributed by atoms with E-state index in [-0.39, 0.29) is 101 Å². The Morgan fingerprint density at radius 1 is 0.357 bits per heavy atom. The number of ether oxygens (including phenoxy) is 7. The number of carboxylic acids is 3. The van der Waals surface area contributed by atoms with E-state index in [9.17, 15) is 63.0 Å². The van der Waals surface area contributed by atoms with E-state index in [1.807, 2.05) is 166 Å². The SMILES string of the molecule is CC(C)(C)OC(=O)CN1CCN(CC(=O)OC(C)(C)C)CCN(Cc2ccc(CC(=O)O)cc2)CC1.CC(C)(C)OC(=O)CN1CCN(CC(=O)OC(C)(C)C)CCN(Cc2ccc(CC(=O)ON3C(=O)CCC3=O)cc2)CC1.[N-]=[N+]=NCCOCCOCCOCCCC(=O)Cc1ccc(CN2CCN(CC(=O)O)CCN(CC(=O)O)CC2)cc1.[N-]=[N+]=NCN. The van der Waals surface area contributed by atoms with Crippen molar-refractivity contribution in [2.75, 3.05) is 210 Å². The number of rotatable bonds is 39. The van der Waals surface area contributed by atoms with Crippen molar-refractivity contribution >= 4 is 65.4 Å². The molecule has 0 bridgehead atoms. The van der Waals surface area contributed by atoms with Crippen molar-refractivity contribution in [3.8, 4) is 0 Å². The molecule has 0 aromatic heterocycles. The predicted octanol–water partition coefficient (Wildman–Crippen LogP) is 6.10. The molecule has 5 N–H and O–H groups in total. The van der Waals surface area contributed by atoms with Crippen LogP contribution in [0.25, 0.3) is 20.9 Å². The van der Waals surface area contributed by atoms with Crippen molar-refractivity contribution in [1.82, 2.24) is 49.2 Å². The van der Waals surface area contributed by atoms with E-state index in [4.69, 9.17) is 59.9 Å². The van der Waals surface area contributed by atoms with Gasteiger partial charge in [-0.15, -0.1) is 5.06 Å². The van der Waals surface area contributed by atoms with Gasteiger partial charge in [0.2, 0.25) is 0 Å². The van der Waals surface area contributed by atoms with Crippen molar-refractivity contribution in [1.29, 1.82) is 0 Å². The molecule has 3 aromatic carbocycles. The fourth-order valence-corrected chi connectivity index (χ4v) is 13.2. The van der Waals surface area contributed by atoms with Crippen LogP contribution in [-0.2, 0) is 130 Å². The van der Waals surface area contributed by atoms with Gasteiger partial charge >= 0.3 is 47.8 Å². The van der Waals surface area contributed by atoms with Gasteiger partial charge in [-0.05, 0) is 134 Å². The van der Waals surface area contributed by atoms with Crippen LogP contribution in [0.5, 0.6) is 0 Å². The number of hydrogen-bond acceptors (Lipinski definition) is 31. The Hall–Kier alpha value is -9.67. The molecular formula is C87H137N17O22. The Morgan fingerprint density at radius 3 is 0.905 bits per heavy atom. The van der Waals surface area contributed by atoms with Crippen LogP contribution in [0.1, 0.15) is 142 Å². The lowest BCUT2D eigenvalue weighted by Gasteiger charge is -2.27. The van der Waals surface area contributed by atoms with Crippen LogP contribution in [0.15, 0.2) is 83.0 Å². The Morgan fingerprint density at radius 2 is 0.627 bits per heavy atom. The molecule has 4 aliphatic rings. The van der Waals surface area contributed by atoms with Gasteiger partial charge in [0.05, 0.1) is 91.8 Å². The first-order chi connectivity index (χ1) is 59.5. The lowest BCUT2D eigenvalue weighted by molar-refractivity contribution is -0.197. The molecule has 0 spiro atoms. The second kappa shape index (κ2) is 57.9. The minimum absolute atomic E-state index is 0.00322. The lowest BCUT2D eigenvalue weighted by Crippen LogP contribution is -2.42. The van der Waals surface area contributed by atoms with Gasteiger partial charge in [-0.3, -0.25) is 92.0 Å². The van der Waals surface area contributed by atoms with E-state index in [0.717, 1.165) is 40.9 Å². The molecule has 0 unspecified atom stereocenters. The van der Waals surface area contributed by atoms with Crippen LogP contribution in [0, 0.1) is 0 Å². The van der Waals surface area contributed by atoms with Gasteiger partial charge in [0, 0.05) is 186 Å².